The summed E-state index contributed by atoms with van der Waals surface area (Å²) >= 11 is 0. The molecule has 1 unspecified atom stereocenters. The van der Waals surface area contributed by atoms with Crippen LogP contribution in [0.25, 0.3) is 0 Å². The minimum atomic E-state index is 0.560. The fourth-order valence-electron chi connectivity index (χ4n) is 6.91. The number of piperidine rings is 1. The predicted octanol–water partition coefficient (Wildman–Crippen LogP) is 5.33. The van der Waals surface area contributed by atoms with E-state index < -0.39 is 0 Å². The Hall–Kier alpha value is -2.04. The van der Waals surface area contributed by atoms with Crippen molar-refractivity contribution in [2.75, 3.05) is 27.3 Å². The van der Waals surface area contributed by atoms with E-state index in [9.17, 15) is 0 Å². The maximum absolute atomic E-state index is 5.71. The molecule has 5 rings (SSSR count). The largest absolute Gasteiger partial charge is 0.496 e. The molecule has 2 heterocycles. The highest BCUT2D eigenvalue weighted by Gasteiger charge is 2.41. The van der Waals surface area contributed by atoms with Gasteiger partial charge in [0.1, 0.15) is 11.5 Å². The van der Waals surface area contributed by atoms with Crippen LogP contribution in [0.3, 0.4) is 0 Å². The molecule has 33 heavy (non-hydrogen) atoms. The third-order valence-electron chi connectivity index (χ3n) is 8.37. The third kappa shape index (κ3) is 4.65. The van der Waals surface area contributed by atoms with Crippen molar-refractivity contribution >= 4 is 0 Å². The Kier molecular flexibility index (Phi) is 6.94. The van der Waals surface area contributed by atoms with E-state index in [-0.39, 0.29) is 0 Å². The summed E-state index contributed by atoms with van der Waals surface area (Å²) in [6, 6.07) is 17.3. The molecule has 2 bridgehead atoms. The van der Waals surface area contributed by atoms with Crippen LogP contribution in [0.15, 0.2) is 42.5 Å². The molecule has 1 aliphatic carbocycles. The van der Waals surface area contributed by atoms with E-state index in [1.807, 2.05) is 0 Å². The van der Waals surface area contributed by atoms with E-state index >= 15 is 0 Å². The van der Waals surface area contributed by atoms with Crippen molar-refractivity contribution in [3.05, 3.63) is 59.2 Å². The Balaban J connectivity index is 1.25. The summed E-state index contributed by atoms with van der Waals surface area (Å²) in [5.41, 5.74) is 4.19. The number of nitrogens with zero attached hydrogens (tertiary/aromatic N) is 2. The first-order valence-corrected chi connectivity index (χ1v) is 13.0. The molecule has 0 aromatic heterocycles. The van der Waals surface area contributed by atoms with Crippen LogP contribution >= 0.6 is 0 Å². The van der Waals surface area contributed by atoms with Crippen molar-refractivity contribution < 1.29 is 9.47 Å². The van der Waals surface area contributed by atoms with Crippen LogP contribution in [0.1, 0.15) is 55.7 Å². The zero-order chi connectivity index (χ0) is 22.8. The molecule has 3 aliphatic rings. The number of fused-ring (bicyclic) bond motifs is 3. The van der Waals surface area contributed by atoms with Gasteiger partial charge in [-0.3, -0.25) is 9.80 Å². The van der Waals surface area contributed by atoms with E-state index in [2.05, 4.69) is 59.2 Å². The van der Waals surface area contributed by atoms with Gasteiger partial charge in [0.05, 0.1) is 14.2 Å². The quantitative estimate of drug-likeness (QED) is 0.518. The average Bonchev–Trinajstić information content (AvgIpc) is 3.37. The molecule has 0 saturated carbocycles. The number of hydrogen-bond donors (Lipinski definition) is 0. The Morgan fingerprint density at radius 2 is 1.48 bits per heavy atom. The van der Waals surface area contributed by atoms with Gasteiger partial charge >= 0.3 is 0 Å². The zero-order valence-corrected chi connectivity index (χ0v) is 20.6. The summed E-state index contributed by atoms with van der Waals surface area (Å²) in [5, 5.41) is 0. The van der Waals surface area contributed by atoms with Gasteiger partial charge in [-0.25, -0.2) is 0 Å². The van der Waals surface area contributed by atoms with Gasteiger partial charge < -0.3 is 9.47 Å². The molecule has 4 heteroatoms. The van der Waals surface area contributed by atoms with Gasteiger partial charge in [0.25, 0.3) is 0 Å². The monoisotopic (exact) mass is 448 g/mol. The molecule has 2 aromatic carbocycles. The molecule has 2 saturated heterocycles. The lowest BCUT2D eigenvalue weighted by molar-refractivity contribution is 0.0669. The lowest BCUT2D eigenvalue weighted by Gasteiger charge is -2.41. The highest BCUT2D eigenvalue weighted by atomic mass is 16.5. The molecular weight excluding hydrogens is 408 g/mol. The van der Waals surface area contributed by atoms with Crippen LogP contribution in [0.5, 0.6) is 11.5 Å². The van der Waals surface area contributed by atoms with Crippen LogP contribution in [0.2, 0.25) is 0 Å². The van der Waals surface area contributed by atoms with Crippen molar-refractivity contribution in [2.45, 2.75) is 76.5 Å². The van der Waals surface area contributed by atoms with Crippen molar-refractivity contribution in [3.8, 4) is 11.5 Å². The lowest BCUT2D eigenvalue weighted by Crippen LogP contribution is -2.47. The number of ether oxygens (including phenoxy) is 2. The van der Waals surface area contributed by atoms with Crippen molar-refractivity contribution in [2.24, 2.45) is 5.92 Å². The Morgan fingerprint density at radius 3 is 2.03 bits per heavy atom. The van der Waals surface area contributed by atoms with Crippen molar-refractivity contribution in [1.29, 1.82) is 0 Å². The zero-order valence-electron chi connectivity index (χ0n) is 20.6. The summed E-state index contributed by atoms with van der Waals surface area (Å²) in [7, 11) is 3.58. The molecule has 0 radical (unpaired) electrons. The summed E-state index contributed by atoms with van der Waals surface area (Å²) < 4.78 is 11.4. The van der Waals surface area contributed by atoms with Gasteiger partial charge in [-0.15, -0.1) is 0 Å². The van der Waals surface area contributed by atoms with Gasteiger partial charge in [-0.1, -0.05) is 37.3 Å². The minimum absolute atomic E-state index is 0.560. The molecule has 2 fully saturated rings. The van der Waals surface area contributed by atoms with Gasteiger partial charge in [0.2, 0.25) is 0 Å². The Morgan fingerprint density at radius 1 is 0.879 bits per heavy atom. The van der Waals surface area contributed by atoms with Crippen molar-refractivity contribution in [3.63, 3.8) is 0 Å². The highest BCUT2D eigenvalue weighted by Crippen LogP contribution is 2.42. The molecule has 0 N–H and O–H groups in total. The summed E-state index contributed by atoms with van der Waals surface area (Å²) in [6.07, 6.45) is 8.84. The topological polar surface area (TPSA) is 24.9 Å². The first-order valence-electron chi connectivity index (χ1n) is 13.0. The number of methoxy groups -OCH3 is 2. The number of rotatable bonds is 9. The average molecular weight is 449 g/mol. The van der Waals surface area contributed by atoms with Crippen LogP contribution in [0, 0.1) is 5.92 Å². The minimum Gasteiger partial charge on any atom is -0.496 e. The Bertz CT molecular complexity index is 884. The summed E-state index contributed by atoms with van der Waals surface area (Å²) in [5.74, 6) is 2.86. The molecule has 4 nitrogen and oxygen atoms in total. The molecule has 2 aliphatic heterocycles. The maximum Gasteiger partial charge on any atom is 0.122 e. The highest BCUT2D eigenvalue weighted by molar-refractivity contribution is 5.52. The van der Waals surface area contributed by atoms with Gasteiger partial charge in [0, 0.05) is 42.3 Å². The molecular formula is C29H40N2O2. The first kappa shape index (κ1) is 22.7. The van der Waals surface area contributed by atoms with E-state index in [0.29, 0.717) is 6.04 Å². The lowest BCUT2D eigenvalue weighted by atomic mass is 9.89. The maximum atomic E-state index is 5.71. The number of hydrogen-bond acceptors (Lipinski definition) is 4. The Labute approximate surface area is 199 Å². The molecule has 0 spiro atoms. The molecule has 3 atom stereocenters. The first-order chi connectivity index (χ1) is 16.2. The van der Waals surface area contributed by atoms with Gasteiger partial charge in [-0.2, -0.15) is 0 Å². The van der Waals surface area contributed by atoms with E-state index in [4.69, 9.17) is 9.47 Å². The molecule has 178 valence electrons. The normalized spacial score (nSPS) is 24.9. The summed E-state index contributed by atoms with van der Waals surface area (Å²) in [6.45, 7) is 5.87. The van der Waals surface area contributed by atoms with E-state index in [1.165, 1.54) is 61.9 Å². The second-order valence-electron chi connectivity index (χ2n) is 10.4. The van der Waals surface area contributed by atoms with E-state index in [0.717, 1.165) is 48.9 Å². The fraction of sp³-hybridized carbons (Fsp3) is 0.586. The standard InChI is InChI=1S/C29H40N2O2/c1-4-14-30(25-17-26-27(18-25)29(33-3)13-12-28(26)32-2)19-22-15-23-10-11-24(16-22)31(23)20-21-8-6-5-7-9-21/h5-9,12-13,22-25H,4,10-11,14-20H2,1-3H3/t22?,23-,24+. The SMILES string of the molecule is CCCN(CC1C[C@H]2CC[C@@H](C1)N2Cc1ccccc1)C1Cc2c(OC)ccc(OC)c2C1. The van der Waals surface area contributed by atoms with Gasteiger partial charge in [0.15, 0.2) is 0 Å². The van der Waals surface area contributed by atoms with Gasteiger partial charge in [-0.05, 0) is 75.1 Å². The third-order valence-corrected chi connectivity index (χ3v) is 8.37. The smallest absolute Gasteiger partial charge is 0.122 e. The fourth-order valence-corrected chi connectivity index (χ4v) is 6.91. The molecule has 0 amide bonds. The second-order valence-corrected chi connectivity index (χ2v) is 10.4. The number of benzene rings is 2. The van der Waals surface area contributed by atoms with Crippen molar-refractivity contribution in [1.82, 2.24) is 9.80 Å². The van der Waals surface area contributed by atoms with Crippen LogP contribution in [-0.2, 0) is 19.4 Å². The summed E-state index contributed by atoms with van der Waals surface area (Å²) in [4.78, 5) is 5.62. The predicted molar refractivity (Wildman–Crippen MR) is 134 cm³/mol. The second kappa shape index (κ2) is 10.1. The van der Waals surface area contributed by atoms with Crippen LogP contribution in [0.4, 0.5) is 0 Å². The molecule has 2 aromatic rings. The van der Waals surface area contributed by atoms with Crippen LogP contribution in [-0.4, -0.2) is 55.2 Å². The van der Waals surface area contributed by atoms with Crippen LogP contribution < -0.4 is 9.47 Å². The van der Waals surface area contributed by atoms with E-state index in [1.54, 1.807) is 14.2 Å².